The van der Waals surface area contributed by atoms with Crippen LogP contribution in [0.1, 0.15) is 6.92 Å². The van der Waals surface area contributed by atoms with E-state index in [4.69, 9.17) is 24.3 Å². The third-order valence-electron chi connectivity index (χ3n) is 9.08. The highest BCUT2D eigenvalue weighted by Gasteiger charge is 2.31. The fraction of sp³-hybridized carbons (Fsp3) is 0.237. The van der Waals surface area contributed by atoms with Crippen molar-refractivity contribution in [3.8, 4) is 40.3 Å². The van der Waals surface area contributed by atoms with Crippen LogP contribution in [0.15, 0.2) is 83.6 Å². The van der Waals surface area contributed by atoms with Crippen LogP contribution in [0.4, 0.5) is 20.2 Å². The topological polar surface area (TPSA) is 182 Å². The quantitative estimate of drug-likeness (QED) is 0.104. The molecule has 17 nitrogen and oxygen atoms in total. The molecule has 0 unspecified atom stereocenters. The predicted molar refractivity (Wildman–Crippen MR) is 213 cm³/mol. The number of rotatable bonds is 15. The van der Waals surface area contributed by atoms with Crippen molar-refractivity contribution >= 4 is 57.7 Å². The van der Waals surface area contributed by atoms with Gasteiger partial charge in [-0.1, -0.05) is 11.8 Å². The maximum absolute atomic E-state index is 14.3. The lowest BCUT2D eigenvalue weighted by Crippen LogP contribution is -2.36. The van der Waals surface area contributed by atoms with Crippen molar-refractivity contribution in [3.63, 3.8) is 0 Å². The highest BCUT2D eigenvalue weighted by Crippen LogP contribution is 2.34. The van der Waals surface area contributed by atoms with Crippen molar-refractivity contribution in [2.24, 2.45) is 7.05 Å². The zero-order valence-electron chi connectivity index (χ0n) is 31.8. The van der Waals surface area contributed by atoms with E-state index in [1.165, 1.54) is 11.8 Å². The van der Waals surface area contributed by atoms with Crippen LogP contribution in [0.5, 0.6) is 17.2 Å². The molecule has 0 saturated heterocycles. The lowest BCUT2D eigenvalue weighted by atomic mass is 10.3. The van der Waals surface area contributed by atoms with Gasteiger partial charge in [0.25, 0.3) is 5.82 Å². The van der Waals surface area contributed by atoms with Crippen molar-refractivity contribution in [2.75, 3.05) is 36.0 Å². The monoisotopic (exact) mass is 841 g/mol. The van der Waals surface area contributed by atoms with E-state index in [0.717, 1.165) is 29.4 Å². The Morgan fingerprint density at radius 3 is 2.47 bits per heavy atom. The minimum atomic E-state index is -0.892. The molecule has 0 bridgehead atoms. The molecule has 0 atom stereocenters. The Bertz CT molecular complexity index is 2690. The van der Waals surface area contributed by atoms with Crippen LogP contribution in [-0.2, 0) is 36.3 Å². The minimum absolute atomic E-state index is 0.0689. The maximum Gasteiger partial charge on any atom is 0.337 e. The molecule has 0 spiro atoms. The molecule has 59 heavy (non-hydrogen) atoms. The number of nitrogens with one attached hydrogen (secondary N) is 2. The zero-order chi connectivity index (χ0) is 41.0. The molecule has 6 heterocycles. The number of hydrogen-bond acceptors (Lipinski definition) is 13. The molecule has 5 aromatic heterocycles. The highest BCUT2D eigenvalue weighted by atomic mass is 32.2. The number of carbonyl (C=O) groups excluding carboxylic acids is 2. The summed E-state index contributed by atoms with van der Waals surface area (Å²) in [6, 6.07) is 13.6. The summed E-state index contributed by atoms with van der Waals surface area (Å²) in [7, 11) is 3.45. The average molecular weight is 842 g/mol. The van der Waals surface area contributed by atoms with Gasteiger partial charge in [0.15, 0.2) is 22.5 Å². The summed E-state index contributed by atoms with van der Waals surface area (Å²) in [5, 5.41) is 20.2. The predicted octanol–water partition coefficient (Wildman–Crippen LogP) is 4.97. The molecule has 8 rings (SSSR count). The molecule has 302 valence electrons. The van der Waals surface area contributed by atoms with Gasteiger partial charge in [-0.2, -0.15) is 0 Å². The average Bonchev–Trinajstić information content (AvgIpc) is 4.04. The first-order chi connectivity index (χ1) is 28.7. The summed E-state index contributed by atoms with van der Waals surface area (Å²) in [5.74, 6) is 0.302. The number of halogens is 2. The number of aryl methyl sites for hydroxylation is 2. The first-order valence-electron chi connectivity index (χ1n) is 18.1. The second-order valence-corrected chi connectivity index (χ2v) is 14.8. The fourth-order valence-electron chi connectivity index (χ4n) is 6.22. The molecule has 1 aliphatic rings. The molecule has 1 aliphatic heterocycles. The molecule has 0 fully saturated rings. The van der Waals surface area contributed by atoms with Gasteiger partial charge >= 0.3 is 5.16 Å². The summed E-state index contributed by atoms with van der Waals surface area (Å²) in [4.78, 5) is 39.8. The number of hydrogen-bond donors (Lipinski definition) is 2. The zero-order valence-corrected chi connectivity index (χ0v) is 33.4. The molecule has 2 aromatic carbocycles. The second-order valence-electron chi connectivity index (χ2n) is 12.9. The summed E-state index contributed by atoms with van der Waals surface area (Å²) < 4.78 is 51.7. The van der Waals surface area contributed by atoms with Gasteiger partial charge in [0.2, 0.25) is 18.6 Å². The third kappa shape index (κ3) is 8.51. The van der Waals surface area contributed by atoms with Crippen LogP contribution in [0.2, 0.25) is 0 Å². The smallest absolute Gasteiger partial charge is 0.337 e. The van der Waals surface area contributed by atoms with Gasteiger partial charge in [-0.3, -0.25) is 19.1 Å². The number of imidazole rings is 1. The SMILES string of the molecule is CC[n+]1c(SCC(=O)Nc2ccc(OC)cc2)nn(CCn2c(SCC(=O)Nc3ccc(F)cc3F)nnc2-c2cc3c(cn2)ncn3C)c1-c1cc2c(cn1)OCO2. The van der Waals surface area contributed by atoms with Gasteiger partial charge in [0.05, 0.1) is 66.7 Å². The molecule has 21 heteroatoms. The standard InChI is InChI=1S/C38H34F2N12O5S2/c1-4-50-36(28-15-31-32(17-42-28)57-21-56-31)52(48-38(50)59-18-33(53)44-23-6-8-24(55-3)9-7-23)12-11-51-35(27-14-30-29(16-41-27)43-20-49(30)2)46-47-37(51)58-19-34(54)45-26-10-5-22(39)13-25(26)40/h5-10,13-17,20H,4,11-12,18-19,21H2,1-3H3,(H-,44,45,53,54)/p+1. The number of thioether (sulfide) groups is 2. The van der Waals surface area contributed by atoms with E-state index in [9.17, 15) is 18.4 Å². The van der Waals surface area contributed by atoms with Gasteiger partial charge in [-0.25, -0.2) is 23.3 Å². The number of benzene rings is 2. The Balaban J connectivity index is 1.10. The summed E-state index contributed by atoms with van der Waals surface area (Å²) in [6.07, 6.45) is 4.94. The number of anilines is 2. The minimum Gasteiger partial charge on any atom is -0.497 e. The number of carbonyl (C=O) groups is 2. The number of amides is 2. The number of ether oxygens (including phenoxy) is 3. The summed E-state index contributed by atoms with van der Waals surface area (Å²) in [6.45, 7) is 3.04. The Labute approximate surface area is 343 Å². The molecule has 2 amide bonds. The van der Waals surface area contributed by atoms with Gasteiger partial charge in [0, 0.05) is 24.9 Å². The molecular formula is C38H35F2N12O5S2+. The number of pyridine rings is 2. The molecule has 0 aliphatic carbocycles. The number of aromatic nitrogens is 10. The van der Waals surface area contributed by atoms with Crippen LogP contribution in [0.3, 0.4) is 0 Å². The van der Waals surface area contributed by atoms with Crippen LogP contribution >= 0.6 is 23.5 Å². The van der Waals surface area contributed by atoms with Crippen LogP contribution < -0.4 is 29.4 Å². The number of methoxy groups -OCH3 is 1. The molecular weight excluding hydrogens is 807 g/mol. The van der Waals surface area contributed by atoms with E-state index in [0.29, 0.717) is 74.4 Å². The lowest BCUT2D eigenvalue weighted by molar-refractivity contribution is -0.720. The van der Waals surface area contributed by atoms with Crippen molar-refractivity contribution in [3.05, 3.63) is 85.0 Å². The lowest BCUT2D eigenvalue weighted by Gasteiger charge is -2.10. The molecule has 0 radical (unpaired) electrons. The van der Waals surface area contributed by atoms with Gasteiger partial charge in [0.1, 0.15) is 40.8 Å². The van der Waals surface area contributed by atoms with E-state index >= 15 is 0 Å². The van der Waals surface area contributed by atoms with E-state index in [1.54, 1.807) is 60.8 Å². The number of fused-ring (bicyclic) bond motifs is 2. The van der Waals surface area contributed by atoms with E-state index < -0.39 is 17.5 Å². The van der Waals surface area contributed by atoms with Crippen molar-refractivity contribution in [1.29, 1.82) is 0 Å². The van der Waals surface area contributed by atoms with Gasteiger partial charge in [-0.05, 0) is 61.2 Å². The molecule has 7 aromatic rings. The Morgan fingerprint density at radius 2 is 1.68 bits per heavy atom. The fourth-order valence-corrected chi connectivity index (χ4v) is 7.84. The second kappa shape index (κ2) is 17.1. The highest BCUT2D eigenvalue weighted by molar-refractivity contribution is 8.00. The summed E-state index contributed by atoms with van der Waals surface area (Å²) >= 11 is 2.36. The van der Waals surface area contributed by atoms with Crippen molar-refractivity contribution in [1.82, 2.24) is 44.1 Å². The Morgan fingerprint density at radius 1 is 0.898 bits per heavy atom. The Hall–Kier alpha value is -6.61. The third-order valence-corrected chi connectivity index (χ3v) is 11.0. The van der Waals surface area contributed by atoms with E-state index in [-0.39, 0.29) is 43.0 Å². The van der Waals surface area contributed by atoms with Gasteiger partial charge in [-0.15, -0.1) is 14.9 Å². The summed E-state index contributed by atoms with van der Waals surface area (Å²) in [5.41, 5.74) is 3.08. The van der Waals surface area contributed by atoms with Crippen molar-refractivity contribution < 1.29 is 37.1 Å². The van der Waals surface area contributed by atoms with Crippen LogP contribution in [-0.4, -0.2) is 81.3 Å². The van der Waals surface area contributed by atoms with Crippen molar-refractivity contribution in [2.45, 2.75) is 36.9 Å². The first kappa shape index (κ1) is 39.2. The van der Waals surface area contributed by atoms with E-state index in [1.807, 2.05) is 33.7 Å². The Kier molecular flexibility index (Phi) is 11.4. The molecule has 0 saturated carbocycles. The van der Waals surface area contributed by atoms with Crippen LogP contribution in [0.25, 0.3) is 34.1 Å². The maximum atomic E-state index is 14.3. The normalized spacial score (nSPS) is 11.9. The van der Waals surface area contributed by atoms with Gasteiger partial charge < -0.3 is 29.4 Å². The van der Waals surface area contributed by atoms with Crippen LogP contribution in [0, 0.1) is 11.6 Å². The number of nitrogens with zero attached hydrogens (tertiary/aromatic N) is 10. The largest absolute Gasteiger partial charge is 0.497 e. The molecule has 2 N–H and O–H groups in total. The first-order valence-corrected chi connectivity index (χ1v) is 20.1. The van der Waals surface area contributed by atoms with E-state index in [2.05, 4.69) is 30.8 Å².